The number of amides is 1. The van der Waals surface area contributed by atoms with Crippen LogP contribution in [0.4, 0.5) is 4.79 Å². The van der Waals surface area contributed by atoms with Crippen molar-refractivity contribution in [1.82, 2.24) is 5.32 Å². The van der Waals surface area contributed by atoms with Gasteiger partial charge in [-0.25, -0.2) is 9.59 Å². The minimum absolute atomic E-state index is 0.140. The largest absolute Gasteiger partial charge is 0.480 e. The van der Waals surface area contributed by atoms with E-state index in [0.29, 0.717) is 6.42 Å². The van der Waals surface area contributed by atoms with Gasteiger partial charge in [0.2, 0.25) is 0 Å². The molecule has 0 aliphatic heterocycles. The standard InChI is InChI=1S/C9H17NO4.C7H8O/c1-5-6(7(11)12)10-8(13)14-9(2,3)4;8-6-7-4-2-1-3-5-7/h6H,5H2,1-4H3,(H,10,13)(H,11,12);1-5,8H,6H2. The molecule has 6 nitrogen and oxygen atoms in total. The minimum Gasteiger partial charge on any atom is -0.480 e. The number of aliphatic carboxylic acids is 1. The van der Waals surface area contributed by atoms with Gasteiger partial charge >= 0.3 is 12.1 Å². The maximum absolute atomic E-state index is 11.1. The topological polar surface area (TPSA) is 95.9 Å². The van der Waals surface area contributed by atoms with E-state index in [1.165, 1.54) is 0 Å². The predicted molar refractivity (Wildman–Crippen MR) is 83.4 cm³/mol. The summed E-state index contributed by atoms with van der Waals surface area (Å²) in [5, 5.41) is 19.4. The first-order valence-corrected chi connectivity index (χ1v) is 7.06. The lowest BCUT2D eigenvalue weighted by molar-refractivity contribution is -0.139. The normalized spacial score (nSPS) is 11.7. The molecule has 1 atom stereocenters. The molecule has 124 valence electrons. The van der Waals surface area contributed by atoms with E-state index < -0.39 is 23.7 Å². The van der Waals surface area contributed by atoms with Gasteiger partial charge in [0.1, 0.15) is 11.6 Å². The monoisotopic (exact) mass is 311 g/mol. The van der Waals surface area contributed by atoms with E-state index in [9.17, 15) is 9.59 Å². The molecular formula is C16H25NO5. The van der Waals surface area contributed by atoms with Gasteiger partial charge in [-0.15, -0.1) is 0 Å². The fourth-order valence-corrected chi connectivity index (χ4v) is 1.37. The molecule has 0 aromatic heterocycles. The number of carbonyl (C=O) groups excluding carboxylic acids is 1. The number of ether oxygens (including phenoxy) is 1. The van der Waals surface area contributed by atoms with Crippen LogP contribution >= 0.6 is 0 Å². The summed E-state index contributed by atoms with van der Waals surface area (Å²) in [6.45, 7) is 6.97. The van der Waals surface area contributed by atoms with E-state index in [0.717, 1.165) is 5.56 Å². The molecule has 1 aromatic rings. The number of hydrogen-bond donors (Lipinski definition) is 3. The highest BCUT2D eigenvalue weighted by Gasteiger charge is 2.22. The van der Waals surface area contributed by atoms with E-state index in [2.05, 4.69) is 5.32 Å². The average Bonchev–Trinajstić information content (AvgIpc) is 2.44. The molecule has 1 aromatic carbocycles. The number of alkyl carbamates (subject to hydrolysis) is 1. The fourth-order valence-electron chi connectivity index (χ4n) is 1.37. The number of aliphatic hydroxyl groups is 1. The molecule has 0 radical (unpaired) electrons. The summed E-state index contributed by atoms with van der Waals surface area (Å²) in [6.07, 6.45) is -0.374. The highest BCUT2D eigenvalue weighted by atomic mass is 16.6. The number of aliphatic hydroxyl groups excluding tert-OH is 1. The second-order valence-corrected chi connectivity index (χ2v) is 5.59. The second kappa shape index (κ2) is 9.78. The van der Waals surface area contributed by atoms with Crippen LogP contribution in [0.15, 0.2) is 30.3 Å². The molecule has 0 saturated carbocycles. The highest BCUT2D eigenvalue weighted by molar-refractivity contribution is 5.79. The Kier molecular flexibility index (Phi) is 8.86. The van der Waals surface area contributed by atoms with Crippen LogP contribution in [0.3, 0.4) is 0 Å². The van der Waals surface area contributed by atoms with Crippen LogP contribution in [-0.2, 0) is 16.1 Å². The van der Waals surface area contributed by atoms with Crippen molar-refractivity contribution in [2.24, 2.45) is 0 Å². The van der Waals surface area contributed by atoms with Gasteiger partial charge in [-0.05, 0) is 32.8 Å². The lowest BCUT2D eigenvalue weighted by atomic mass is 10.2. The first-order valence-electron chi connectivity index (χ1n) is 7.06. The van der Waals surface area contributed by atoms with Crippen LogP contribution in [0, 0.1) is 0 Å². The number of rotatable bonds is 4. The Morgan fingerprint density at radius 3 is 2.09 bits per heavy atom. The van der Waals surface area contributed by atoms with Crippen LogP contribution in [0.1, 0.15) is 39.7 Å². The molecule has 3 N–H and O–H groups in total. The molecule has 22 heavy (non-hydrogen) atoms. The summed E-state index contributed by atoms with van der Waals surface area (Å²) < 4.78 is 4.91. The summed E-state index contributed by atoms with van der Waals surface area (Å²) in [6, 6.07) is 8.64. The summed E-state index contributed by atoms with van der Waals surface area (Å²) in [5.41, 5.74) is 0.355. The Hall–Kier alpha value is -2.08. The molecule has 0 fully saturated rings. The van der Waals surface area contributed by atoms with Crippen molar-refractivity contribution in [3.8, 4) is 0 Å². The van der Waals surface area contributed by atoms with Gasteiger partial charge in [-0.3, -0.25) is 0 Å². The van der Waals surface area contributed by atoms with Crippen LogP contribution in [0.5, 0.6) is 0 Å². The molecule has 1 unspecified atom stereocenters. The summed E-state index contributed by atoms with van der Waals surface area (Å²) >= 11 is 0. The van der Waals surface area contributed by atoms with Gasteiger partial charge in [0.05, 0.1) is 6.61 Å². The lowest BCUT2D eigenvalue weighted by Gasteiger charge is -2.21. The zero-order chi connectivity index (χ0) is 17.2. The van der Waals surface area contributed by atoms with Crippen LogP contribution in [0.2, 0.25) is 0 Å². The molecule has 1 amide bonds. The first-order chi connectivity index (χ1) is 10.2. The maximum Gasteiger partial charge on any atom is 0.408 e. The van der Waals surface area contributed by atoms with Crippen LogP contribution in [0.25, 0.3) is 0 Å². The molecule has 0 aliphatic rings. The Morgan fingerprint density at radius 2 is 1.77 bits per heavy atom. The van der Waals surface area contributed by atoms with Crippen molar-refractivity contribution in [2.75, 3.05) is 0 Å². The Balaban J connectivity index is 0.000000461. The van der Waals surface area contributed by atoms with Crippen LogP contribution in [-0.4, -0.2) is 33.9 Å². The van der Waals surface area contributed by atoms with Gasteiger partial charge in [0.25, 0.3) is 0 Å². The molecule has 0 heterocycles. The molecule has 0 saturated heterocycles. The molecule has 0 spiro atoms. The molecule has 1 rings (SSSR count). The molecule has 0 aliphatic carbocycles. The first kappa shape index (κ1) is 19.9. The predicted octanol–water partition coefficient (Wildman–Crippen LogP) is 2.55. The SMILES string of the molecule is CCC(NC(=O)OC(C)(C)C)C(=O)O.OCc1ccccc1. The van der Waals surface area contributed by atoms with Crippen LogP contribution < -0.4 is 5.32 Å². The van der Waals surface area contributed by atoms with Crippen molar-refractivity contribution in [1.29, 1.82) is 0 Å². The van der Waals surface area contributed by atoms with Crippen molar-refractivity contribution in [3.05, 3.63) is 35.9 Å². The minimum atomic E-state index is -1.06. The summed E-state index contributed by atoms with van der Waals surface area (Å²) in [5.74, 6) is -1.06. The number of carboxylic acid groups (broad SMARTS) is 1. The third kappa shape index (κ3) is 9.77. The zero-order valence-corrected chi connectivity index (χ0v) is 13.5. The maximum atomic E-state index is 11.1. The van der Waals surface area contributed by atoms with E-state index in [4.69, 9.17) is 14.9 Å². The number of carbonyl (C=O) groups is 2. The number of carboxylic acids is 1. The van der Waals surface area contributed by atoms with Crippen molar-refractivity contribution >= 4 is 12.1 Å². The van der Waals surface area contributed by atoms with Crippen molar-refractivity contribution in [3.63, 3.8) is 0 Å². The van der Waals surface area contributed by atoms with Gasteiger partial charge in [-0.2, -0.15) is 0 Å². The molecule has 6 heteroatoms. The van der Waals surface area contributed by atoms with Gasteiger partial charge in [0.15, 0.2) is 0 Å². The Labute approximate surface area is 131 Å². The van der Waals surface area contributed by atoms with E-state index >= 15 is 0 Å². The number of nitrogens with one attached hydrogen (secondary N) is 1. The van der Waals surface area contributed by atoms with Crippen molar-refractivity contribution < 1.29 is 24.5 Å². The summed E-state index contributed by atoms with van der Waals surface area (Å²) in [7, 11) is 0. The third-order valence-electron chi connectivity index (χ3n) is 2.42. The smallest absolute Gasteiger partial charge is 0.408 e. The van der Waals surface area contributed by atoms with E-state index in [1.54, 1.807) is 27.7 Å². The highest BCUT2D eigenvalue weighted by Crippen LogP contribution is 2.07. The lowest BCUT2D eigenvalue weighted by Crippen LogP contribution is -2.43. The number of benzene rings is 1. The summed E-state index contributed by atoms with van der Waals surface area (Å²) in [4.78, 5) is 21.7. The number of hydrogen-bond acceptors (Lipinski definition) is 4. The Bertz CT molecular complexity index is 453. The van der Waals surface area contributed by atoms with Gasteiger partial charge in [0, 0.05) is 0 Å². The average molecular weight is 311 g/mol. The van der Waals surface area contributed by atoms with Gasteiger partial charge in [-0.1, -0.05) is 37.3 Å². The van der Waals surface area contributed by atoms with E-state index in [-0.39, 0.29) is 6.61 Å². The molecule has 0 bridgehead atoms. The molecular weight excluding hydrogens is 286 g/mol. The Morgan fingerprint density at radius 1 is 1.23 bits per heavy atom. The quantitative estimate of drug-likeness (QED) is 0.794. The zero-order valence-electron chi connectivity index (χ0n) is 13.5. The fraction of sp³-hybridized carbons (Fsp3) is 0.500. The van der Waals surface area contributed by atoms with E-state index in [1.807, 2.05) is 30.3 Å². The second-order valence-electron chi connectivity index (χ2n) is 5.59. The van der Waals surface area contributed by atoms with Crippen molar-refractivity contribution in [2.45, 2.75) is 52.4 Å². The third-order valence-corrected chi connectivity index (χ3v) is 2.42. The van der Waals surface area contributed by atoms with Gasteiger partial charge < -0.3 is 20.3 Å².